The lowest BCUT2D eigenvalue weighted by molar-refractivity contribution is 0.0702. The Morgan fingerprint density at radius 2 is 2.11 bits per heavy atom. The van der Waals surface area contributed by atoms with Crippen LogP contribution in [-0.4, -0.2) is 32.8 Å². The van der Waals surface area contributed by atoms with Crippen LogP contribution in [-0.2, 0) is 0 Å². The number of fused-ring (bicyclic) bond motifs is 1. The number of nitrogens with zero attached hydrogens (tertiary/aromatic N) is 1. The molecule has 4 N–H and O–H groups in total. The van der Waals surface area contributed by atoms with Gasteiger partial charge in [0.15, 0.2) is 5.82 Å². The molecule has 0 atom stereocenters. The number of H-pyrrole nitrogens is 1. The lowest BCUT2D eigenvalue weighted by atomic mass is 10.1. The van der Waals surface area contributed by atoms with Crippen LogP contribution in [0.15, 0.2) is 6.07 Å². The van der Waals surface area contributed by atoms with Crippen molar-refractivity contribution in [3.63, 3.8) is 0 Å². The maximum atomic E-state index is 11.7. The third-order valence-corrected chi connectivity index (χ3v) is 3.30. The summed E-state index contributed by atoms with van der Waals surface area (Å²) in [5, 5.41) is 20.9. The second-order valence-electron chi connectivity index (χ2n) is 5.06. The zero-order valence-electron chi connectivity index (χ0n) is 10.7. The molecule has 0 aromatic carbocycles. The van der Waals surface area contributed by atoms with Crippen LogP contribution in [0.5, 0.6) is 0 Å². The van der Waals surface area contributed by atoms with Crippen LogP contribution in [0.25, 0.3) is 10.2 Å². The van der Waals surface area contributed by atoms with Crippen molar-refractivity contribution in [3.05, 3.63) is 10.9 Å². The maximum Gasteiger partial charge on any atom is 0.345 e. The number of rotatable bonds is 2. The van der Waals surface area contributed by atoms with Crippen molar-refractivity contribution in [2.45, 2.75) is 26.3 Å². The van der Waals surface area contributed by atoms with Gasteiger partial charge in [-0.15, -0.1) is 11.3 Å². The van der Waals surface area contributed by atoms with Crippen molar-refractivity contribution in [2.24, 2.45) is 0 Å². The first-order valence-corrected chi connectivity index (χ1v) is 6.38. The van der Waals surface area contributed by atoms with Crippen molar-refractivity contribution < 1.29 is 14.7 Å². The fourth-order valence-electron chi connectivity index (χ4n) is 1.49. The van der Waals surface area contributed by atoms with E-state index in [-0.39, 0.29) is 16.4 Å². The number of carboxylic acid groups (broad SMARTS) is 1. The number of carbonyl (C=O) groups is 2. The number of hydrogen-bond donors (Lipinski definition) is 4. The molecule has 19 heavy (non-hydrogen) atoms. The molecule has 2 aromatic rings. The Labute approximate surface area is 113 Å². The molecule has 2 aromatic heterocycles. The minimum atomic E-state index is -1.00. The van der Waals surface area contributed by atoms with E-state index in [1.807, 2.05) is 20.8 Å². The number of carboxylic acids is 1. The zero-order valence-corrected chi connectivity index (χ0v) is 11.5. The first-order valence-electron chi connectivity index (χ1n) is 5.56. The van der Waals surface area contributed by atoms with Crippen LogP contribution in [0, 0.1) is 0 Å². The van der Waals surface area contributed by atoms with Crippen molar-refractivity contribution >= 4 is 39.4 Å². The zero-order chi connectivity index (χ0) is 14.2. The minimum Gasteiger partial charge on any atom is -0.477 e. The topological polar surface area (TPSA) is 107 Å². The smallest absolute Gasteiger partial charge is 0.345 e. The Kier molecular flexibility index (Phi) is 3.19. The highest BCUT2D eigenvalue weighted by Gasteiger charge is 2.18. The molecule has 8 heteroatoms. The average molecular weight is 282 g/mol. The van der Waals surface area contributed by atoms with Gasteiger partial charge in [-0.2, -0.15) is 5.10 Å². The van der Waals surface area contributed by atoms with Gasteiger partial charge in [0.1, 0.15) is 4.88 Å². The number of carbonyl (C=O) groups excluding carboxylic acids is 1. The Hall–Kier alpha value is -2.09. The summed E-state index contributed by atoms with van der Waals surface area (Å²) in [5.74, 6) is -0.672. The number of amides is 2. The molecule has 2 rings (SSSR count). The molecule has 0 saturated heterocycles. The van der Waals surface area contributed by atoms with E-state index < -0.39 is 5.97 Å². The van der Waals surface area contributed by atoms with E-state index in [9.17, 15) is 9.59 Å². The second kappa shape index (κ2) is 4.54. The van der Waals surface area contributed by atoms with Gasteiger partial charge in [0.25, 0.3) is 0 Å². The standard InChI is InChI=1S/C11H14N4O3S/c1-11(2,3)13-10(18)12-8-7-5(14-15-8)4-6(19-7)9(16)17/h4H,1-3H3,(H,16,17)(H3,12,13,14,15,18). The van der Waals surface area contributed by atoms with E-state index in [0.717, 1.165) is 11.3 Å². The summed E-state index contributed by atoms with van der Waals surface area (Å²) >= 11 is 1.06. The minimum absolute atomic E-state index is 0.197. The number of aromatic carboxylic acids is 1. The van der Waals surface area contributed by atoms with Gasteiger partial charge < -0.3 is 10.4 Å². The number of aromatic amines is 1. The van der Waals surface area contributed by atoms with Gasteiger partial charge in [-0.05, 0) is 26.8 Å². The van der Waals surface area contributed by atoms with Gasteiger partial charge in [0, 0.05) is 5.54 Å². The highest BCUT2D eigenvalue weighted by Crippen LogP contribution is 2.29. The SMILES string of the molecule is CC(C)(C)NC(=O)Nc1n[nH]c2cc(C(=O)O)sc12. The Bertz CT molecular complexity index is 638. The molecule has 0 spiro atoms. The average Bonchev–Trinajstić information content (AvgIpc) is 2.77. The first-order chi connectivity index (χ1) is 8.76. The monoisotopic (exact) mass is 282 g/mol. The van der Waals surface area contributed by atoms with Gasteiger partial charge in [-0.3, -0.25) is 10.4 Å². The predicted molar refractivity (Wildman–Crippen MR) is 72.8 cm³/mol. The summed E-state index contributed by atoms with van der Waals surface area (Å²) < 4.78 is 0.612. The third-order valence-electron chi connectivity index (χ3n) is 2.17. The van der Waals surface area contributed by atoms with Crippen LogP contribution in [0.1, 0.15) is 30.4 Å². The molecule has 0 fully saturated rings. The van der Waals surface area contributed by atoms with Crippen LogP contribution in [0.2, 0.25) is 0 Å². The predicted octanol–water partition coefficient (Wildman–Crippen LogP) is 2.24. The maximum absolute atomic E-state index is 11.7. The van der Waals surface area contributed by atoms with E-state index in [1.54, 1.807) is 0 Å². The molecule has 0 aliphatic carbocycles. The van der Waals surface area contributed by atoms with Crippen LogP contribution >= 0.6 is 11.3 Å². The molecule has 0 aliphatic heterocycles. The van der Waals surface area contributed by atoms with E-state index in [4.69, 9.17) is 5.11 Å². The molecule has 0 saturated carbocycles. The fraction of sp³-hybridized carbons (Fsp3) is 0.364. The molecular formula is C11H14N4O3S. The molecule has 0 radical (unpaired) electrons. The van der Waals surface area contributed by atoms with Gasteiger partial charge in [0.2, 0.25) is 0 Å². The normalized spacial score (nSPS) is 11.5. The molecule has 2 heterocycles. The van der Waals surface area contributed by atoms with E-state index in [2.05, 4.69) is 20.8 Å². The lowest BCUT2D eigenvalue weighted by Crippen LogP contribution is -2.43. The molecule has 0 aliphatic rings. The number of aromatic nitrogens is 2. The third kappa shape index (κ3) is 3.02. The largest absolute Gasteiger partial charge is 0.477 e. The van der Waals surface area contributed by atoms with Gasteiger partial charge in [-0.25, -0.2) is 9.59 Å². The quantitative estimate of drug-likeness (QED) is 0.677. The molecule has 7 nitrogen and oxygen atoms in total. The Balaban J connectivity index is 2.21. The molecule has 2 amide bonds. The van der Waals surface area contributed by atoms with E-state index in [0.29, 0.717) is 16.0 Å². The van der Waals surface area contributed by atoms with Crippen molar-refractivity contribution in [1.82, 2.24) is 15.5 Å². The number of urea groups is 1. The van der Waals surface area contributed by atoms with Crippen molar-refractivity contribution in [2.75, 3.05) is 5.32 Å². The second-order valence-corrected chi connectivity index (χ2v) is 6.11. The van der Waals surface area contributed by atoms with E-state index in [1.165, 1.54) is 6.07 Å². The molecular weight excluding hydrogens is 268 g/mol. The van der Waals surface area contributed by atoms with Gasteiger partial charge in [0.05, 0.1) is 10.2 Å². The van der Waals surface area contributed by atoms with Gasteiger partial charge in [-0.1, -0.05) is 0 Å². The van der Waals surface area contributed by atoms with Crippen molar-refractivity contribution in [3.8, 4) is 0 Å². The summed E-state index contributed by atoms with van der Waals surface area (Å²) in [5.41, 5.74) is 0.231. The highest BCUT2D eigenvalue weighted by atomic mass is 32.1. The lowest BCUT2D eigenvalue weighted by Gasteiger charge is -2.20. The summed E-state index contributed by atoms with van der Waals surface area (Å²) in [6, 6.07) is 1.11. The number of anilines is 1. The number of nitrogens with one attached hydrogen (secondary N) is 3. The number of hydrogen-bond acceptors (Lipinski definition) is 4. The van der Waals surface area contributed by atoms with Crippen LogP contribution < -0.4 is 10.6 Å². The summed E-state index contributed by atoms with van der Waals surface area (Å²) in [6.07, 6.45) is 0. The van der Waals surface area contributed by atoms with E-state index >= 15 is 0 Å². The first kappa shape index (κ1) is 13.3. The fourth-order valence-corrected chi connectivity index (χ4v) is 2.38. The summed E-state index contributed by atoms with van der Waals surface area (Å²) in [4.78, 5) is 22.8. The molecule has 102 valence electrons. The van der Waals surface area contributed by atoms with Crippen molar-refractivity contribution in [1.29, 1.82) is 0 Å². The molecule has 0 bridgehead atoms. The highest BCUT2D eigenvalue weighted by molar-refractivity contribution is 7.21. The Morgan fingerprint density at radius 1 is 1.42 bits per heavy atom. The molecule has 0 unspecified atom stereocenters. The van der Waals surface area contributed by atoms with Crippen LogP contribution in [0.3, 0.4) is 0 Å². The summed E-state index contributed by atoms with van der Waals surface area (Å²) in [7, 11) is 0. The number of thiophene rings is 1. The summed E-state index contributed by atoms with van der Waals surface area (Å²) in [6.45, 7) is 5.58. The van der Waals surface area contributed by atoms with Crippen LogP contribution in [0.4, 0.5) is 10.6 Å². The van der Waals surface area contributed by atoms with Gasteiger partial charge >= 0.3 is 12.0 Å². The Morgan fingerprint density at radius 3 is 2.68 bits per heavy atom.